The van der Waals surface area contributed by atoms with E-state index in [0.29, 0.717) is 6.04 Å². The van der Waals surface area contributed by atoms with E-state index < -0.39 is 0 Å². The molecule has 3 atom stereocenters. The Hall–Kier alpha value is -1.02. The molecule has 2 heteroatoms. The van der Waals surface area contributed by atoms with Crippen LogP contribution in [0, 0.1) is 11.8 Å². The maximum Gasteiger partial charge on any atom is 0.118 e. The van der Waals surface area contributed by atoms with Crippen molar-refractivity contribution in [2.45, 2.75) is 52.0 Å². The topological polar surface area (TPSA) is 21.3 Å². The summed E-state index contributed by atoms with van der Waals surface area (Å²) >= 11 is 0. The van der Waals surface area contributed by atoms with E-state index in [9.17, 15) is 0 Å². The van der Waals surface area contributed by atoms with Crippen LogP contribution in [0.1, 0.15) is 57.6 Å². The van der Waals surface area contributed by atoms with Crippen LogP contribution in [0.4, 0.5) is 0 Å². The molecule has 3 unspecified atom stereocenters. The molecule has 1 aliphatic rings. The van der Waals surface area contributed by atoms with Gasteiger partial charge in [-0.1, -0.05) is 38.3 Å². The minimum atomic E-state index is 0.418. The molecule has 112 valence electrons. The van der Waals surface area contributed by atoms with Crippen LogP contribution >= 0.6 is 0 Å². The van der Waals surface area contributed by atoms with Gasteiger partial charge in [0, 0.05) is 6.04 Å². The molecule has 1 saturated carbocycles. The molecule has 20 heavy (non-hydrogen) atoms. The molecule has 0 aliphatic heterocycles. The van der Waals surface area contributed by atoms with Gasteiger partial charge in [-0.25, -0.2) is 0 Å². The number of hydrogen-bond acceptors (Lipinski definition) is 2. The monoisotopic (exact) mass is 275 g/mol. The summed E-state index contributed by atoms with van der Waals surface area (Å²) in [5, 5.41) is 3.66. The Morgan fingerprint density at radius 1 is 1.25 bits per heavy atom. The molecule has 0 amide bonds. The summed E-state index contributed by atoms with van der Waals surface area (Å²) in [5.41, 5.74) is 1.34. The minimum Gasteiger partial charge on any atom is -0.497 e. The van der Waals surface area contributed by atoms with E-state index in [1.165, 1.54) is 37.7 Å². The molecule has 1 aromatic carbocycles. The lowest BCUT2D eigenvalue weighted by molar-refractivity contribution is 0.265. The van der Waals surface area contributed by atoms with Crippen molar-refractivity contribution in [3.05, 3.63) is 29.8 Å². The highest BCUT2D eigenvalue weighted by Gasteiger charge is 2.18. The van der Waals surface area contributed by atoms with Crippen LogP contribution in [0.5, 0.6) is 5.75 Å². The third-order valence-corrected chi connectivity index (χ3v) is 4.66. The summed E-state index contributed by atoms with van der Waals surface area (Å²) in [6, 6.07) is 8.80. The summed E-state index contributed by atoms with van der Waals surface area (Å²) < 4.78 is 5.20. The molecule has 0 bridgehead atoms. The SMILES string of the molecule is COc1ccc(C(C)NCCC2CCCC(C)C2)cc1. The maximum absolute atomic E-state index is 5.20. The van der Waals surface area contributed by atoms with Crippen molar-refractivity contribution < 1.29 is 4.74 Å². The lowest BCUT2D eigenvalue weighted by Gasteiger charge is -2.27. The Morgan fingerprint density at radius 2 is 2.00 bits per heavy atom. The molecular formula is C18H29NO. The van der Waals surface area contributed by atoms with E-state index in [0.717, 1.165) is 24.1 Å². The van der Waals surface area contributed by atoms with Crippen LogP contribution in [0.15, 0.2) is 24.3 Å². The summed E-state index contributed by atoms with van der Waals surface area (Å²) in [6.45, 7) is 5.77. The zero-order valence-corrected chi connectivity index (χ0v) is 13.2. The second-order valence-corrected chi connectivity index (χ2v) is 6.38. The first-order valence-electron chi connectivity index (χ1n) is 8.06. The van der Waals surface area contributed by atoms with E-state index >= 15 is 0 Å². The van der Waals surface area contributed by atoms with Crippen molar-refractivity contribution in [1.29, 1.82) is 0 Å². The Morgan fingerprint density at radius 3 is 2.65 bits per heavy atom. The number of benzene rings is 1. The van der Waals surface area contributed by atoms with Gasteiger partial charge in [0.2, 0.25) is 0 Å². The average molecular weight is 275 g/mol. The molecule has 2 rings (SSSR count). The van der Waals surface area contributed by atoms with Crippen molar-refractivity contribution in [3.63, 3.8) is 0 Å². The zero-order valence-electron chi connectivity index (χ0n) is 13.2. The highest BCUT2D eigenvalue weighted by molar-refractivity contribution is 5.28. The summed E-state index contributed by atoms with van der Waals surface area (Å²) in [7, 11) is 1.71. The van der Waals surface area contributed by atoms with Gasteiger partial charge in [0.15, 0.2) is 0 Å². The molecule has 1 fully saturated rings. The lowest BCUT2D eigenvalue weighted by atomic mass is 9.81. The number of hydrogen-bond donors (Lipinski definition) is 1. The number of ether oxygens (including phenoxy) is 1. The van der Waals surface area contributed by atoms with Gasteiger partial charge >= 0.3 is 0 Å². The van der Waals surface area contributed by atoms with Gasteiger partial charge in [-0.2, -0.15) is 0 Å². The normalized spacial score (nSPS) is 24.4. The smallest absolute Gasteiger partial charge is 0.118 e. The van der Waals surface area contributed by atoms with Gasteiger partial charge < -0.3 is 10.1 Å². The molecule has 2 nitrogen and oxygen atoms in total. The Bertz CT molecular complexity index is 387. The van der Waals surface area contributed by atoms with Crippen molar-refractivity contribution >= 4 is 0 Å². The molecule has 0 aromatic heterocycles. The van der Waals surface area contributed by atoms with Crippen molar-refractivity contribution in [2.24, 2.45) is 11.8 Å². The van der Waals surface area contributed by atoms with Crippen molar-refractivity contribution in [3.8, 4) is 5.75 Å². The Kier molecular flexibility index (Phi) is 5.90. The first-order chi connectivity index (χ1) is 9.69. The molecule has 0 heterocycles. The predicted octanol–water partition coefficient (Wildman–Crippen LogP) is 4.56. The molecule has 1 aliphatic carbocycles. The van der Waals surface area contributed by atoms with Gasteiger partial charge in [0.25, 0.3) is 0 Å². The summed E-state index contributed by atoms with van der Waals surface area (Å²) in [5.74, 6) is 2.80. The Balaban J connectivity index is 1.72. The third-order valence-electron chi connectivity index (χ3n) is 4.66. The number of methoxy groups -OCH3 is 1. The lowest BCUT2D eigenvalue weighted by Crippen LogP contribution is -2.23. The standard InChI is InChI=1S/C18H29NO/c1-14-5-4-6-16(13-14)11-12-19-15(2)17-7-9-18(20-3)10-8-17/h7-10,14-16,19H,4-6,11-13H2,1-3H3. The second-order valence-electron chi connectivity index (χ2n) is 6.38. The molecule has 0 spiro atoms. The van der Waals surface area contributed by atoms with Gasteiger partial charge in [0.05, 0.1) is 7.11 Å². The summed E-state index contributed by atoms with van der Waals surface area (Å²) in [4.78, 5) is 0. The summed E-state index contributed by atoms with van der Waals surface area (Å²) in [6.07, 6.45) is 7.05. The molecule has 1 N–H and O–H groups in total. The fourth-order valence-corrected chi connectivity index (χ4v) is 3.34. The highest BCUT2D eigenvalue weighted by Crippen LogP contribution is 2.30. The quantitative estimate of drug-likeness (QED) is 0.821. The van der Waals surface area contributed by atoms with Crippen LogP contribution in [-0.2, 0) is 0 Å². The van der Waals surface area contributed by atoms with Crippen LogP contribution in [-0.4, -0.2) is 13.7 Å². The largest absolute Gasteiger partial charge is 0.497 e. The van der Waals surface area contributed by atoms with E-state index in [2.05, 4.69) is 31.3 Å². The maximum atomic E-state index is 5.20. The van der Waals surface area contributed by atoms with Crippen LogP contribution < -0.4 is 10.1 Å². The van der Waals surface area contributed by atoms with Gasteiger partial charge in [-0.05, 0) is 55.8 Å². The minimum absolute atomic E-state index is 0.418. The zero-order chi connectivity index (χ0) is 14.4. The number of nitrogens with one attached hydrogen (secondary N) is 1. The first kappa shape index (κ1) is 15.4. The predicted molar refractivity (Wildman–Crippen MR) is 85.2 cm³/mol. The first-order valence-corrected chi connectivity index (χ1v) is 8.06. The fourth-order valence-electron chi connectivity index (χ4n) is 3.34. The van der Waals surface area contributed by atoms with E-state index in [-0.39, 0.29) is 0 Å². The van der Waals surface area contributed by atoms with Crippen LogP contribution in [0.3, 0.4) is 0 Å². The highest BCUT2D eigenvalue weighted by atomic mass is 16.5. The Labute approximate surface area is 123 Å². The average Bonchev–Trinajstić information content (AvgIpc) is 2.47. The third kappa shape index (κ3) is 4.52. The molecule has 1 aromatic rings. The molecule has 0 radical (unpaired) electrons. The van der Waals surface area contributed by atoms with Crippen molar-refractivity contribution in [1.82, 2.24) is 5.32 Å². The fraction of sp³-hybridized carbons (Fsp3) is 0.667. The second kappa shape index (κ2) is 7.68. The van der Waals surface area contributed by atoms with E-state index in [1.54, 1.807) is 7.11 Å². The molecular weight excluding hydrogens is 246 g/mol. The van der Waals surface area contributed by atoms with Gasteiger partial charge in [-0.15, -0.1) is 0 Å². The van der Waals surface area contributed by atoms with Gasteiger partial charge in [-0.3, -0.25) is 0 Å². The molecule has 0 saturated heterocycles. The van der Waals surface area contributed by atoms with Crippen molar-refractivity contribution in [2.75, 3.05) is 13.7 Å². The number of rotatable bonds is 6. The van der Waals surface area contributed by atoms with Crippen LogP contribution in [0.25, 0.3) is 0 Å². The van der Waals surface area contributed by atoms with Crippen LogP contribution in [0.2, 0.25) is 0 Å². The van der Waals surface area contributed by atoms with E-state index in [4.69, 9.17) is 4.74 Å². The van der Waals surface area contributed by atoms with Gasteiger partial charge in [0.1, 0.15) is 5.75 Å². The van der Waals surface area contributed by atoms with E-state index in [1.807, 2.05) is 12.1 Å².